The van der Waals surface area contributed by atoms with Crippen LogP contribution >= 0.6 is 0 Å². The van der Waals surface area contributed by atoms with Crippen LogP contribution in [0.2, 0.25) is 0 Å². The Balaban J connectivity index is 1.88. The van der Waals surface area contributed by atoms with E-state index in [1.54, 1.807) is 0 Å². The lowest BCUT2D eigenvalue weighted by molar-refractivity contribution is 0.444. The van der Waals surface area contributed by atoms with E-state index >= 15 is 0 Å². The third-order valence-electron chi connectivity index (χ3n) is 3.40. The third-order valence-corrected chi connectivity index (χ3v) is 3.40. The highest BCUT2D eigenvalue weighted by atomic mass is 14.8. The third kappa shape index (κ3) is 3.83. The second kappa shape index (κ2) is 6.36. The highest BCUT2D eigenvalue weighted by molar-refractivity contribution is 5.42. The zero-order valence-corrected chi connectivity index (χ0v) is 10.5. The number of hydrogen-bond donors (Lipinski definition) is 0. The zero-order valence-electron chi connectivity index (χ0n) is 10.5. The standard InChI is InChI=1S/C15H20N2/c1-13-7-5-6-8-14(13)11-16-12-17-15-9-3-2-4-10-15/h5-8,15H,2-4,9-11H2,1H3. The van der Waals surface area contributed by atoms with Crippen molar-refractivity contribution in [1.82, 2.24) is 0 Å². The fourth-order valence-electron chi connectivity index (χ4n) is 2.24. The molecule has 2 heteroatoms. The predicted molar refractivity (Wildman–Crippen MR) is 71.6 cm³/mol. The summed E-state index contributed by atoms with van der Waals surface area (Å²) in [7, 11) is 0. The van der Waals surface area contributed by atoms with Crippen molar-refractivity contribution in [3.8, 4) is 0 Å². The van der Waals surface area contributed by atoms with Gasteiger partial charge < -0.3 is 0 Å². The predicted octanol–water partition coefficient (Wildman–Crippen LogP) is 4.00. The van der Waals surface area contributed by atoms with Crippen molar-refractivity contribution in [2.45, 2.75) is 51.6 Å². The van der Waals surface area contributed by atoms with Crippen molar-refractivity contribution in [3.63, 3.8) is 0 Å². The monoisotopic (exact) mass is 228 g/mol. The first-order chi connectivity index (χ1) is 8.36. The molecule has 0 unspecified atom stereocenters. The molecule has 1 aromatic carbocycles. The highest BCUT2D eigenvalue weighted by Gasteiger charge is 2.10. The first-order valence-electron chi connectivity index (χ1n) is 6.52. The van der Waals surface area contributed by atoms with Crippen molar-refractivity contribution in [2.75, 3.05) is 0 Å². The molecule has 0 radical (unpaired) electrons. The molecule has 17 heavy (non-hydrogen) atoms. The molecule has 1 aromatic rings. The van der Waals surface area contributed by atoms with Gasteiger partial charge in [-0.3, -0.25) is 0 Å². The van der Waals surface area contributed by atoms with E-state index < -0.39 is 0 Å². The average molecular weight is 228 g/mol. The molecule has 1 aliphatic carbocycles. The SMILES string of the molecule is Cc1ccccc1CN=C=NC1CCCCC1. The molecule has 0 saturated heterocycles. The van der Waals surface area contributed by atoms with Gasteiger partial charge in [-0.15, -0.1) is 0 Å². The number of nitrogens with zero attached hydrogens (tertiary/aromatic N) is 2. The second-order valence-electron chi connectivity index (χ2n) is 4.76. The van der Waals surface area contributed by atoms with Gasteiger partial charge in [-0.2, -0.15) is 0 Å². The minimum absolute atomic E-state index is 0.476. The molecule has 90 valence electrons. The summed E-state index contributed by atoms with van der Waals surface area (Å²) in [5.74, 6) is 0. The van der Waals surface area contributed by atoms with Gasteiger partial charge in [-0.1, -0.05) is 43.5 Å². The van der Waals surface area contributed by atoms with Crippen molar-refractivity contribution in [2.24, 2.45) is 9.98 Å². The van der Waals surface area contributed by atoms with Gasteiger partial charge in [0.05, 0.1) is 18.6 Å². The van der Waals surface area contributed by atoms with Crippen molar-refractivity contribution in [1.29, 1.82) is 0 Å². The van der Waals surface area contributed by atoms with E-state index in [0.29, 0.717) is 12.6 Å². The van der Waals surface area contributed by atoms with Crippen LogP contribution in [0, 0.1) is 6.92 Å². The zero-order chi connectivity index (χ0) is 11.9. The Hall–Kier alpha value is -1.40. The molecular formula is C15H20N2. The minimum atomic E-state index is 0.476. The fraction of sp³-hybridized carbons (Fsp3) is 0.533. The second-order valence-corrected chi connectivity index (χ2v) is 4.76. The summed E-state index contributed by atoms with van der Waals surface area (Å²) < 4.78 is 0. The molecule has 0 N–H and O–H groups in total. The Morgan fingerprint density at radius 1 is 1.18 bits per heavy atom. The maximum Gasteiger partial charge on any atom is 0.0898 e. The Labute approximate surface area is 104 Å². The van der Waals surface area contributed by atoms with Crippen molar-refractivity contribution in [3.05, 3.63) is 35.4 Å². The largest absolute Gasteiger partial charge is 0.222 e. The van der Waals surface area contributed by atoms with E-state index in [9.17, 15) is 0 Å². The van der Waals surface area contributed by atoms with Crippen LogP contribution in [-0.2, 0) is 6.54 Å². The summed E-state index contributed by atoms with van der Waals surface area (Å²) in [5, 5.41) is 0. The van der Waals surface area contributed by atoms with Crippen LogP contribution in [0.5, 0.6) is 0 Å². The molecule has 2 rings (SSSR count). The lowest BCUT2D eigenvalue weighted by Gasteiger charge is -2.15. The maximum absolute atomic E-state index is 4.41. The van der Waals surface area contributed by atoms with Gasteiger partial charge in [0.25, 0.3) is 0 Å². The quantitative estimate of drug-likeness (QED) is 0.699. The average Bonchev–Trinajstić information content (AvgIpc) is 2.38. The number of benzene rings is 1. The molecule has 0 aromatic heterocycles. The molecule has 0 atom stereocenters. The molecule has 2 nitrogen and oxygen atoms in total. The lowest BCUT2D eigenvalue weighted by atomic mass is 9.96. The van der Waals surface area contributed by atoms with E-state index in [-0.39, 0.29) is 0 Å². The molecule has 0 heterocycles. The van der Waals surface area contributed by atoms with Crippen LogP contribution in [0.1, 0.15) is 43.2 Å². The van der Waals surface area contributed by atoms with Crippen LogP contribution in [0.4, 0.5) is 0 Å². The van der Waals surface area contributed by atoms with Gasteiger partial charge in [0.1, 0.15) is 0 Å². The molecule has 1 saturated carbocycles. The molecule has 0 bridgehead atoms. The number of rotatable bonds is 3. The summed E-state index contributed by atoms with van der Waals surface area (Å²) in [6, 6.07) is 11.7. The smallest absolute Gasteiger partial charge is 0.0898 e. The van der Waals surface area contributed by atoms with E-state index in [0.717, 1.165) is 0 Å². The Kier molecular flexibility index (Phi) is 4.52. The summed E-state index contributed by atoms with van der Waals surface area (Å²) in [5.41, 5.74) is 2.55. The van der Waals surface area contributed by atoms with Crippen LogP contribution in [0.15, 0.2) is 34.3 Å². The molecular weight excluding hydrogens is 208 g/mol. The summed E-state index contributed by atoms with van der Waals surface area (Å²) in [4.78, 5) is 8.69. The van der Waals surface area contributed by atoms with E-state index in [1.165, 1.54) is 43.2 Å². The minimum Gasteiger partial charge on any atom is -0.222 e. The summed E-state index contributed by atoms with van der Waals surface area (Å²) in [6.07, 6.45) is 6.42. The number of aryl methyl sites for hydroxylation is 1. The molecule has 0 spiro atoms. The van der Waals surface area contributed by atoms with Crippen molar-refractivity contribution < 1.29 is 0 Å². The Morgan fingerprint density at radius 2 is 1.94 bits per heavy atom. The highest BCUT2D eigenvalue weighted by Crippen LogP contribution is 2.19. The summed E-state index contributed by atoms with van der Waals surface area (Å²) >= 11 is 0. The van der Waals surface area contributed by atoms with Gasteiger partial charge >= 0.3 is 0 Å². The van der Waals surface area contributed by atoms with Crippen LogP contribution in [-0.4, -0.2) is 12.1 Å². The van der Waals surface area contributed by atoms with Crippen LogP contribution < -0.4 is 0 Å². The fourth-order valence-corrected chi connectivity index (χ4v) is 2.24. The molecule has 0 amide bonds. The topological polar surface area (TPSA) is 24.7 Å². The van der Waals surface area contributed by atoms with Crippen LogP contribution in [0.25, 0.3) is 0 Å². The van der Waals surface area contributed by atoms with Gasteiger partial charge in [0, 0.05) is 0 Å². The molecule has 0 aliphatic heterocycles. The Bertz CT molecular complexity index is 411. The van der Waals surface area contributed by atoms with Gasteiger partial charge in [-0.25, -0.2) is 9.98 Å². The molecule has 1 aliphatic rings. The van der Waals surface area contributed by atoms with Crippen molar-refractivity contribution >= 4 is 6.01 Å². The normalized spacial score (nSPS) is 16.3. The Morgan fingerprint density at radius 3 is 2.71 bits per heavy atom. The first-order valence-corrected chi connectivity index (χ1v) is 6.52. The number of aliphatic imine (C=N–C) groups is 2. The van der Waals surface area contributed by atoms with Gasteiger partial charge in [-0.05, 0) is 30.9 Å². The number of hydrogen-bond acceptors (Lipinski definition) is 2. The summed E-state index contributed by atoms with van der Waals surface area (Å²) in [6.45, 7) is 2.81. The lowest BCUT2D eigenvalue weighted by Crippen LogP contribution is -2.08. The molecule has 1 fully saturated rings. The van der Waals surface area contributed by atoms with E-state index in [4.69, 9.17) is 0 Å². The van der Waals surface area contributed by atoms with E-state index in [2.05, 4.69) is 47.2 Å². The van der Waals surface area contributed by atoms with Gasteiger partial charge in [0.15, 0.2) is 0 Å². The van der Waals surface area contributed by atoms with Crippen LogP contribution in [0.3, 0.4) is 0 Å². The van der Waals surface area contributed by atoms with E-state index in [1.807, 2.05) is 0 Å². The maximum atomic E-state index is 4.41. The first kappa shape index (κ1) is 12.1. The van der Waals surface area contributed by atoms with Gasteiger partial charge in [0.2, 0.25) is 0 Å².